The molecule has 0 spiro atoms. The lowest BCUT2D eigenvalue weighted by atomic mass is 9.51. The number of carbonyl (C=O) groups excluding carboxylic acids is 2. The van der Waals surface area contributed by atoms with Crippen molar-refractivity contribution in [1.29, 1.82) is 0 Å². The molecule has 3 aliphatic carbocycles. The minimum absolute atomic E-state index is 0.00291. The van der Waals surface area contributed by atoms with Gasteiger partial charge >= 0.3 is 0 Å². The van der Waals surface area contributed by atoms with E-state index >= 15 is 0 Å². The third-order valence-electron chi connectivity index (χ3n) is 9.05. The van der Waals surface area contributed by atoms with Crippen molar-refractivity contribution in [2.24, 2.45) is 29.1 Å². The van der Waals surface area contributed by atoms with Gasteiger partial charge in [-0.15, -0.1) is 0 Å². The molecule has 1 aromatic carbocycles. The van der Waals surface area contributed by atoms with Crippen molar-refractivity contribution in [3.63, 3.8) is 0 Å². The molecule has 3 N–H and O–H groups in total. The molecule has 3 saturated carbocycles. The van der Waals surface area contributed by atoms with Crippen LogP contribution in [0.2, 0.25) is 0 Å². The highest BCUT2D eigenvalue weighted by molar-refractivity contribution is 5.94. The average molecular weight is 459 g/mol. The lowest BCUT2D eigenvalue weighted by molar-refractivity contribution is -0.142. The Labute approximate surface area is 196 Å². The van der Waals surface area contributed by atoms with E-state index in [0.29, 0.717) is 5.56 Å². The van der Waals surface area contributed by atoms with Crippen molar-refractivity contribution >= 4 is 11.8 Å². The van der Waals surface area contributed by atoms with E-state index < -0.39 is 11.9 Å². The molecule has 0 radical (unpaired) electrons. The maximum atomic E-state index is 13.6. The summed E-state index contributed by atoms with van der Waals surface area (Å²) in [7, 11) is 0. The average Bonchev–Trinajstić information content (AvgIpc) is 3.28. The quantitative estimate of drug-likeness (QED) is 0.610. The van der Waals surface area contributed by atoms with Crippen LogP contribution in [0.25, 0.3) is 0 Å². The minimum atomic E-state index is -0.586. The predicted octanol–water partition coefficient (Wildman–Crippen LogP) is 4.44. The molecular formula is C27H39FN2O3. The van der Waals surface area contributed by atoms with E-state index in [9.17, 15) is 19.1 Å². The fourth-order valence-electron chi connectivity index (χ4n) is 6.98. The van der Waals surface area contributed by atoms with Crippen molar-refractivity contribution in [3.05, 3.63) is 35.6 Å². The van der Waals surface area contributed by atoms with Gasteiger partial charge in [0.2, 0.25) is 5.91 Å². The first-order valence-electron chi connectivity index (χ1n) is 12.7. The maximum absolute atomic E-state index is 13.6. The largest absolute Gasteiger partial charge is 0.392 e. The van der Waals surface area contributed by atoms with Crippen LogP contribution in [0, 0.1) is 34.9 Å². The van der Waals surface area contributed by atoms with Crippen molar-refractivity contribution in [1.82, 2.24) is 10.6 Å². The van der Waals surface area contributed by atoms with Gasteiger partial charge in [0.25, 0.3) is 5.91 Å². The zero-order valence-electron chi connectivity index (χ0n) is 20.1. The number of aliphatic hydroxyl groups excluding tert-OH is 1. The summed E-state index contributed by atoms with van der Waals surface area (Å²) in [5.41, 5.74) is 0.312. The molecule has 3 fully saturated rings. The van der Waals surface area contributed by atoms with Gasteiger partial charge in [-0.05, 0) is 79.9 Å². The van der Waals surface area contributed by atoms with Crippen molar-refractivity contribution in [2.45, 2.75) is 90.3 Å². The summed E-state index contributed by atoms with van der Waals surface area (Å²) in [5.74, 6) is -0.893. The summed E-state index contributed by atoms with van der Waals surface area (Å²) < 4.78 is 13.6. The van der Waals surface area contributed by atoms with Gasteiger partial charge in [-0.25, -0.2) is 4.39 Å². The molecule has 1 unspecified atom stereocenters. The number of benzene rings is 1. The lowest BCUT2D eigenvalue weighted by Crippen LogP contribution is -2.58. The number of nitrogens with one attached hydrogen (secondary N) is 2. The first-order chi connectivity index (χ1) is 15.7. The SMILES string of the molecule is C[C@H]1[C@@H]2[C@@H](O)C([C@H](C)C(=O)NC3CCCC3)CC[C@@]2(C)CC[C@@H]1NC(=O)c1cccc(F)c1. The highest BCUT2D eigenvalue weighted by Gasteiger charge is 2.54. The Hall–Kier alpha value is -1.95. The fraction of sp³-hybridized carbons (Fsp3) is 0.704. The van der Waals surface area contributed by atoms with Crippen LogP contribution in [0.4, 0.5) is 4.39 Å². The van der Waals surface area contributed by atoms with Gasteiger partial charge in [0.05, 0.1) is 6.10 Å². The Bertz CT molecular complexity index is 871. The Kier molecular flexibility index (Phi) is 7.13. The maximum Gasteiger partial charge on any atom is 0.251 e. The van der Waals surface area contributed by atoms with E-state index in [0.717, 1.165) is 38.5 Å². The van der Waals surface area contributed by atoms with Crippen LogP contribution < -0.4 is 10.6 Å². The Morgan fingerprint density at radius 1 is 1.12 bits per heavy atom. The molecule has 0 heterocycles. The van der Waals surface area contributed by atoms with E-state index in [1.807, 2.05) is 6.92 Å². The molecule has 0 bridgehead atoms. The summed E-state index contributed by atoms with van der Waals surface area (Å²) in [5, 5.41) is 17.9. The molecule has 5 nitrogen and oxygen atoms in total. The van der Waals surface area contributed by atoms with Crippen molar-refractivity contribution in [3.8, 4) is 0 Å². The molecule has 2 amide bonds. The summed E-state index contributed by atoms with van der Waals surface area (Å²) in [6.07, 6.45) is 7.45. The van der Waals surface area contributed by atoms with E-state index in [4.69, 9.17) is 0 Å². The van der Waals surface area contributed by atoms with Gasteiger partial charge in [0.1, 0.15) is 5.82 Å². The second-order valence-electron chi connectivity index (χ2n) is 11.1. The van der Waals surface area contributed by atoms with Crippen LogP contribution in [0.1, 0.15) is 82.5 Å². The number of fused-ring (bicyclic) bond motifs is 1. The Morgan fingerprint density at radius 3 is 2.52 bits per heavy atom. The summed E-state index contributed by atoms with van der Waals surface area (Å²) in [6, 6.07) is 5.93. The summed E-state index contributed by atoms with van der Waals surface area (Å²) >= 11 is 0. The van der Waals surface area contributed by atoms with E-state index in [2.05, 4.69) is 24.5 Å². The predicted molar refractivity (Wildman–Crippen MR) is 126 cm³/mol. The molecule has 6 heteroatoms. The highest BCUT2D eigenvalue weighted by atomic mass is 19.1. The molecule has 3 aliphatic rings. The number of rotatable bonds is 5. The van der Waals surface area contributed by atoms with Crippen LogP contribution in [0.3, 0.4) is 0 Å². The normalized spacial score (nSPS) is 35.5. The van der Waals surface area contributed by atoms with Crippen molar-refractivity contribution < 1.29 is 19.1 Å². The second-order valence-corrected chi connectivity index (χ2v) is 11.1. The van der Waals surface area contributed by atoms with Gasteiger partial charge < -0.3 is 15.7 Å². The molecule has 4 rings (SSSR count). The van der Waals surface area contributed by atoms with Crippen LogP contribution in [0.5, 0.6) is 0 Å². The summed E-state index contributed by atoms with van der Waals surface area (Å²) in [4.78, 5) is 25.7. The topological polar surface area (TPSA) is 78.4 Å². The van der Waals surface area contributed by atoms with Crippen LogP contribution in [0.15, 0.2) is 24.3 Å². The van der Waals surface area contributed by atoms with E-state index in [1.54, 1.807) is 12.1 Å². The standard InChI is InChI=1S/C27H39FN2O3/c1-16(25(32)29-20-9-4-5-10-20)21-11-13-27(3)14-12-22(17(2)23(27)24(21)31)30-26(33)18-7-6-8-19(28)15-18/h6-8,15-17,20-24,31H,4-5,9-14H2,1-3H3,(H,29,32)(H,30,33)/t16-,17+,21?,22-,23+,24-,27-/m0/s1. The van der Waals surface area contributed by atoms with Crippen molar-refractivity contribution in [2.75, 3.05) is 0 Å². The van der Waals surface area contributed by atoms with Gasteiger partial charge in [-0.1, -0.05) is 39.7 Å². The zero-order chi connectivity index (χ0) is 23.8. The number of halogens is 1. The molecule has 0 saturated heterocycles. The second kappa shape index (κ2) is 9.73. The number of aliphatic hydroxyl groups is 1. The number of carbonyl (C=O) groups is 2. The first-order valence-corrected chi connectivity index (χ1v) is 12.7. The highest BCUT2D eigenvalue weighted by Crippen LogP contribution is 2.55. The van der Waals surface area contributed by atoms with Crippen LogP contribution in [-0.4, -0.2) is 35.1 Å². The molecular weight excluding hydrogens is 419 g/mol. The fourth-order valence-corrected chi connectivity index (χ4v) is 6.98. The third kappa shape index (κ3) is 4.96. The molecule has 33 heavy (non-hydrogen) atoms. The Balaban J connectivity index is 1.45. The first kappa shape index (κ1) is 24.2. The number of hydrogen-bond acceptors (Lipinski definition) is 3. The number of hydrogen-bond donors (Lipinski definition) is 3. The van der Waals surface area contributed by atoms with Gasteiger partial charge in [-0.3, -0.25) is 9.59 Å². The molecule has 0 aromatic heterocycles. The zero-order valence-corrected chi connectivity index (χ0v) is 20.1. The minimum Gasteiger partial charge on any atom is -0.392 e. The number of amides is 2. The van der Waals surface area contributed by atoms with Crippen LogP contribution >= 0.6 is 0 Å². The smallest absolute Gasteiger partial charge is 0.251 e. The molecule has 7 atom stereocenters. The Morgan fingerprint density at radius 2 is 1.82 bits per heavy atom. The molecule has 182 valence electrons. The van der Waals surface area contributed by atoms with Gasteiger partial charge in [0.15, 0.2) is 0 Å². The van der Waals surface area contributed by atoms with Crippen LogP contribution in [-0.2, 0) is 4.79 Å². The van der Waals surface area contributed by atoms with E-state index in [-0.39, 0.29) is 53.0 Å². The molecule has 0 aliphatic heterocycles. The van der Waals surface area contributed by atoms with Gasteiger partial charge in [-0.2, -0.15) is 0 Å². The van der Waals surface area contributed by atoms with E-state index in [1.165, 1.54) is 25.0 Å². The molecule has 1 aromatic rings. The van der Waals surface area contributed by atoms with Gasteiger partial charge in [0, 0.05) is 23.6 Å². The monoisotopic (exact) mass is 458 g/mol. The summed E-state index contributed by atoms with van der Waals surface area (Å²) in [6.45, 7) is 6.31. The third-order valence-corrected chi connectivity index (χ3v) is 9.05. The lowest BCUT2D eigenvalue weighted by Gasteiger charge is -2.56.